The molecule has 1 aromatic carbocycles. The van der Waals surface area contributed by atoms with Gasteiger partial charge >= 0.3 is 12.5 Å². The molecule has 1 aromatic heterocycles. The molecule has 4 nitrogen and oxygen atoms in total. The Labute approximate surface area is 167 Å². The fourth-order valence-corrected chi connectivity index (χ4v) is 2.63. The molecule has 1 aliphatic heterocycles. The van der Waals surface area contributed by atoms with Crippen LogP contribution in [0.3, 0.4) is 0 Å². The SMILES string of the molecule is [2H]C1=C(Oc2ccc(OC(F)(F)F)cc2Cl)C=C(C(F)(F)F)N(c2cccnc2)C1. The van der Waals surface area contributed by atoms with Crippen molar-refractivity contribution in [3.05, 3.63) is 71.3 Å². The van der Waals surface area contributed by atoms with Crippen molar-refractivity contribution in [3.8, 4) is 11.5 Å². The standard InChI is InChI=1S/C18H11ClF6N2O2/c19-14-8-13(29-18(23,24)25)3-4-15(14)28-12-5-7-27(11-2-1-6-26-10-11)16(9-12)17(20,21)22/h1-6,8-10H,7H2/i5D. The first-order valence-corrected chi connectivity index (χ1v) is 8.21. The largest absolute Gasteiger partial charge is 0.573 e. The molecule has 11 heteroatoms. The number of anilines is 1. The number of halogens is 7. The lowest BCUT2D eigenvalue weighted by Gasteiger charge is -2.30. The topological polar surface area (TPSA) is 34.6 Å². The van der Waals surface area contributed by atoms with Crippen LogP contribution in [-0.4, -0.2) is 24.1 Å². The fraction of sp³-hybridized carbons (Fsp3) is 0.167. The third-order valence-electron chi connectivity index (χ3n) is 3.57. The number of ether oxygens (including phenoxy) is 2. The highest BCUT2D eigenvalue weighted by Gasteiger charge is 2.40. The van der Waals surface area contributed by atoms with Gasteiger partial charge in [-0.1, -0.05) is 11.6 Å². The summed E-state index contributed by atoms with van der Waals surface area (Å²) >= 11 is 5.86. The van der Waals surface area contributed by atoms with Crippen LogP contribution < -0.4 is 14.4 Å². The Morgan fingerprint density at radius 1 is 1.14 bits per heavy atom. The maximum atomic E-state index is 13.6. The van der Waals surface area contributed by atoms with Crippen LogP contribution in [-0.2, 0) is 0 Å². The zero-order valence-corrected chi connectivity index (χ0v) is 14.9. The van der Waals surface area contributed by atoms with E-state index in [4.69, 9.17) is 17.7 Å². The minimum absolute atomic E-state index is 0.122. The Bertz CT molecular complexity index is 992. The van der Waals surface area contributed by atoms with E-state index in [1.807, 2.05) is 0 Å². The maximum Gasteiger partial charge on any atom is 0.573 e. The third kappa shape index (κ3) is 5.35. The average molecular weight is 438 g/mol. The smallest absolute Gasteiger partial charge is 0.456 e. The van der Waals surface area contributed by atoms with Crippen LogP contribution in [0.5, 0.6) is 11.5 Å². The van der Waals surface area contributed by atoms with Crippen LogP contribution >= 0.6 is 11.6 Å². The van der Waals surface area contributed by atoms with Gasteiger partial charge in [-0.15, -0.1) is 13.2 Å². The average Bonchev–Trinajstić information content (AvgIpc) is 2.63. The lowest BCUT2D eigenvalue weighted by Crippen LogP contribution is -2.34. The van der Waals surface area contributed by atoms with E-state index in [1.54, 1.807) is 0 Å². The highest BCUT2D eigenvalue weighted by atomic mass is 35.5. The minimum Gasteiger partial charge on any atom is -0.456 e. The second kappa shape index (κ2) is 7.86. The van der Waals surface area contributed by atoms with Gasteiger partial charge in [0.15, 0.2) is 0 Å². The molecule has 0 aliphatic carbocycles. The van der Waals surface area contributed by atoms with E-state index >= 15 is 0 Å². The monoisotopic (exact) mass is 437 g/mol. The van der Waals surface area contributed by atoms with E-state index in [1.165, 1.54) is 24.5 Å². The van der Waals surface area contributed by atoms with Crippen molar-refractivity contribution in [1.82, 2.24) is 4.98 Å². The molecule has 0 saturated carbocycles. The number of benzene rings is 1. The van der Waals surface area contributed by atoms with Gasteiger partial charge in [0.1, 0.15) is 23.0 Å². The molecule has 0 atom stereocenters. The molecule has 0 radical (unpaired) electrons. The molecule has 0 unspecified atom stereocenters. The molecule has 0 spiro atoms. The van der Waals surface area contributed by atoms with Crippen LogP contribution in [0.2, 0.25) is 5.02 Å². The Morgan fingerprint density at radius 3 is 2.48 bits per heavy atom. The zero-order chi connectivity index (χ0) is 22.1. The lowest BCUT2D eigenvalue weighted by molar-refractivity contribution is -0.274. The molecule has 1 aliphatic rings. The van der Waals surface area contributed by atoms with Gasteiger partial charge in [-0.2, -0.15) is 13.2 Å². The molecule has 2 aromatic rings. The van der Waals surface area contributed by atoms with Crippen LogP contribution in [0.25, 0.3) is 0 Å². The van der Waals surface area contributed by atoms with Crippen molar-refractivity contribution in [2.75, 3.05) is 11.4 Å². The van der Waals surface area contributed by atoms with Crippen molar-refractivity contribution in [2.45, 2.75) is 12.5 Å². The van der Waals surface area contributed by atoms with E-state index in [9.17, 15) is 26.3 Å². The molecule has 0 N–H and O–H groups in total. The molecule has 3 rings (SSSR count). The first kappa shape index (κ1) is 19.4. The van der Waals surface area contributed by atoms with Crippen molar-refractivity contribution in [1.29, 1.82) is 0 Å². The van der Waals surface area contributed by atoms with Gasteiger partial charge in [0.2, 0.25) is 0 Å². The predicted molar refractivity (Wildman–Crippen MR) is 92.6 cm³/mol. The van der Waals surface area contributed by atoms with Gasteiger partial charge in [0, 0.05) is 24.9 Å². The number of allylic oxidation sites excluding steroid dienone is 2. The molecule has 154 valence electrons. The van der Waals surface area contributed by atoms with Crippen LogP contribution in [0.15, 0.2) is 66.3 Å². The number of pyridine rings is 1. The van der Waals surface area contributed by atoms with E-state index in [-0.39, 0.29) is 22.5 Å². The molecule has 0 fully saturated rings. The van der Waals surface area contributed by atoms with E-state index in [0.717, 1.165) is 23.1 Å². The first-order chi connectivity index (χ1) is 13.9. The normalized spacial score (nSPS) is 15.8. The summed E-state index contributed by atoms with van der Waals surface area (Å²) < 4.78 is 94.6. The Morgan fingerprint density at radius 2 is 1.90 bits per heavy atom. The fourth-order valence-electron chi connectivity index (χ4n) is 2.42. The van der Waals surface area contributed by atoms with Gasteiger partial charge in [-0.25, -0.2) is 0 Å². The molecule has 29 heavy (non-hydrogen) atoms. The molecule has 0 bridgehead atoms. The molecular weight excluding hydrogens is 426 g/mol. The predicted octanol–water partition coefficient (Wildman–Crippen LogP) is 5.86. The quantitative estimate of drug-likeness (QED) is 0.561. The number of aromatic nitrogens is 1. The number of rotatable bonds is 4. The van der Waals surface area contributed by atoms with E-state index in [0.29, 0.717) is 6.08 Å². The van der Waals surface area contributed by atoms with Crippen LogP contribution in [0.4, 0.5) is 32.0 Å². The van der Waals surface area contributed by atoms with E-state index in [2.05, 4.69) is 9.72 Å². The number of nitrogens with zero attached hydrogens (tertiary/aromatic N) is 2. The summed E-state index contributed by atoms with van der Waals surface area (Å²) in [5.41, 5.74) is -0.980. The van der Waals surface area contributed by atoms with Crippen molar-refractivity contribution in [2.24, 2.45) is 0 Å². The van der Waals surface area contributed by atoms with Crippen LogP contribution in [0, 0.1) is 0 Å². The molecular formula is C18H11ClF6N2O2. The summed E-state index contributed by atoms with van der Waals surface area (Å²) in [5, 5.41) is -0.339. The second-order valence-corrected chi connectivity index (χ2v) is 6.02. The van der Waals surface area contributed by atoms with Gasteiger partial charge in [0.05, 0.1) is 18.3 Å². The summed E-state index contributed by atoms with van der Waals surface area (Å²) in [4.78, 5) is 4.63. The van der Waals surface area contributed by atoms with Crippen molar-refractivity contribution >= 4 is 17.3 Å². The molecule has 2 heterocycles. The number of hydrogen-bond donors (Lipinski definition) is 0. The second-order valence-electron chi connectivity index (χ2n) is 5.61. The summed E-state index contributed by atoms with van der Waals surface area (Å²) in [6, 6.07) is 5.23. The first-order valence-electron chi connectivity index (χ1n) is 8.33. The Hall–Kier alpha value is -2.88. The van der Waals surface area contributed by atoms with Crippen molar-refractivity contribution < 1.29 is 37.2 Å². The molecule has 0 amide bonds. The third-order valence-corrected chi connectivity index (χ3v) is 3.87. The summed E-state index contributed by atoms with van der Waals surface area (Å²) in [7, 11) is 0. The minimum atomic E-state index is -4.94. The maximum absolute atomic E-state index is 13.6. The van der Waals surface area contributed by atoms with Gasteiger partial charge in [-0.05, 0) is 30.3 Å². The Kier molecular flexibility index (Phi) is 5.27. The zero-order valence-electron chi connectivity index (χ0n) is 15.2. The number of hydrogen-bond acceptors (Lipinski definition) is 4. The summed E-state index contributed by atoms with van der Waals surface area (Å²) in [5.74, 6) is -1.31. The highest BCUT2D eigenvalue weighted by molar-refractivity contribution is 6.32. The summed E-state index contributed by atoms with van der Waals surface area (Å²) in [6.45, 7) is -0.473. The summed E-state index contributed by atoms with van der Waals surface area (Å²) in [6.07, 6.45) is -6.49. The van der Waals surface area contributed by atoms with Gasteiger partial charge < -0.3 is 14.4 Å². The van der Waals surface area contributed by atoms with Crippen molar-refractivity contribution in [3.63, 3.8) is 0 Å². The number of alkyl halides is 6. The van der Waals surface area contributed by atoms with Gasteiger partial charge in [0.25, 0.3) is 0 Å². The lowest BCUT2D eigenvalue weighted by atomic mass is 10.2. The van der Waals surface area contributed by atoms with Crippen LogP contribution in [0.1, 0.15) is 1.37 Å². The van der Waals surface area contributed by atoms with E-state index < -0.39 is 36.3 Å². The van der Waals surface area contributed by atoms with Gasteiger partial charge in [-0.3, -0.25) is 4.98 Å². The highest BCUT2D eigenvalue weighted by Crippen LogP contribution is 2.37. The molecule has 0 saturated heterocycles. The Balaban J connectivity index is 1.90.